The number of hydrogen-bond acceptors (Lipinski definition) is 8. The maximum atomic E-state index is 17.6. The fourth-order valence-corrected chi connectivity index (χ4v) is 10.4. The van der Waals surface area contributed by atoms with Gasteiger partial charge in [0.15, 0.2) is 29.1 Å². The van der Waals surface area contributed by atoms with E-state index in [0.717, 1.165) is 21.6 Å². The zero-order valence-electron chi connectivity index (χ0n) is 25.6. The number of benzene rings is 2. The second-order valence-electron chi connectivity index (χ2n) is 13.5. The first-order valence-electron chi connectivity index (χ1n) is 15.5. The number of aliphatic hydroxyl groups is 2. The third-order valence-electron chi connectivity index (χ3n) is 11.5. The van der Waals surface area contributed by atoms with E-state index in [1.54, 1.807) is 25.7 Å². The van der Waals surface area contributed by atoms with Gasteiger partial charge in [0.05, 0.1) is 22.9 Å². The largest absolute Gasteiger partial charge is 0.390 e. The first kappa shape index (κ1) is 32.0. The van der Waals surface area contributed by atoms with Crippen LogP contribution in [0, 0.1) is 22.7 Å². The Balaban J connectivity index is 1.19. The van der Waals surface area contributed by atoms with E-state index in [-0.39, 0.29) is 24.8 Å². The van der Waals surface area contributed by atoms with E-state index < -0.39 is 76.8 Å². The van der Waals surface area contributed by atoms with Crippen LogP contribution < -0.4 is 5.32 Å². The van der Waals surface area contributed by atoms with Crippen molar-refractivity contribution in [2.75, 3.05) is 19.0 Å². The molecular weight excluding hydrogens is 636 g/mol. The van der Waals surface area contributed by atoms with Gasteiger partial charge in [-0.25, -0.2) is 8.78 Å². The van der Waals surface area contributed by atoms with Gasteiger partial charge in [0.1, 0.15) is 12.8 Å². The lowest BCUT2D eigenvalue weighted by Crippen LogP contribution is -2.70. The molecule has 2 aromatic carbocycles. The lowest BCUT2D eigenvalue weighted by atomic mass is 9.44. The number of ether oxygens (including phenoxy) is 2. The minimum atomic E-state index is -2.30. The van der Waals surface area contributed by atoms with Crippen LogP contribution in [0.5, 0.6) is 0 Å². The molecule has 7 rings (SSSR count). The first-order valence-corrected chi connectivity index (χ1v) is 16.7. The first-order chi connectivity index (χ1) is 21.8. The molecule has 3 saturated carbocycles. The molecule has 1 saturated heterocycles. The van der Waals surface area contributed by atoms with E-state index in [2.05, 4.69) is 5.32 Å². The molecular formula is C35H36ClF2NO6S. The normalized spacial score (nSPS) is 40.9. The highest BCUT2D eigenvalue weighted by Gasteiger charge is 2.80. The third-order valence-corrected chi connectivity index (χ3v) is 12.8. The summed E-state index contributed by atoms with van der Waals surface area (Å²) in [5, 5.41) is 25.6. The summed E-state index contributed by atoms with van der Waals surface area (Å²) in [7, 11) is 1.80. The van der Waals surface area contributed by atoms with E-state index in [1.165, 1.54) is 19.1 Å². The Morgan fingerprint density at radius 2 is 1.85 bits per heavy atom. The van der Waals surface area contributed by atoms with Crippen molar-refractivity contribution < 1.29 is 38.1 Å². The quantitative estimate of drug-likeness (QED) is 0.335. The fourth-order valence-electron chi connectivity index (χ4n) is 9.30. The number of halogens is 3. The molecule has 2 aromatic rings. The summed E-state index contributed by atoms with van der Waals surface area (Å²) in [6.45, 7) is 2.48. The number of alkyl halides is 2. The summed E-state index contributed by atoms with van der Waals surface area (Å²) >= 11 is 7.76. The summed E-state index contributed by atoms with van der Waals surface area (Å²) in [6.07, 6.45) is -1.47. The Hall–Kier alpha value is -2.60. The van der Waals surface area contributed by atoms with Crippen molar-refractivity contribution in [1.29, 1.82) is 0 Å². The Bertz CT molecular complexity index is 1670. The molecule has 46 heavy (non-hydrogen) atoms. The molecule has 0 aromatic heterocycles. The van der Waals surface area contributed by atoms with Crippen LogP contribution in [-0.2, 0) is 19.1 Å². The summed E-state index contributed by atoms with van der Waals surface area (Å²) in [4.78, 5) is 27.8. The number of Topliss-reactive ketones (excluding diaryl/α,β-unsaturated/α-hetero) is 1. The van der Waals surface area contributed by atoms with Crippen molar-refractivity contribution in [1.82, 2.24) is 0 Å². The number of ketones is 2. The molecule has 7 nitrogen and oxygen atoms in total. The second kappa shape index (κ2) is 11.0. The molecule has 0 bridgehead atoms. The Kier molecular flexibility index (Phi) is 7.62. The molecule has 5 aliphatic rings. The van der Waals surface area contributed by atoms with Crippen LogP contribution in [0.3, 0.4) is 0 Å². The van der Waals surface area contributed by atoms with Gasteiger partial charge in [-0.15, -0.1) is 0 Å². The van der Waals surface area contributed by atoms with Crippen molar-refractivity contribution >= 4 is 40.6 Å². The van der Waals surface area contributed by atoms with Crippen LogP contribution in [0.4, 0.5) is 14.5 Å². The monoisotopic (exact) mass is 671 g/mol. The molecule has 0 amide bonds. The standard InChI is InChI=1S/C35H36ClF2NO6S/c1-32-11-10-19(41)12-24(32)26(37)14-23-22-15-30-35(29(43)17-40,33(22,2)16-28(42)34(23,32)38)45-31(44-30)18-4-6-20(7-5-18)46-21-8-9-25(36)27(13-21)39-3/h4-13,22-23,26,28,30-31,39-40,42H,14-17H2,1-3H3/t22-,23-,26-,28-,30+,31+,32-,33-,34-,35+/m0/s1. The number of nitrogens with one attached hydrogen (secondary N) is 1. The van der Waals surface area contributed by atoms with Crippen LogP contribution in [-0.4, -0.2) is 65.1 Å². The van der Waals surface area contributed by atoms with Gasteiger partial charge in [0.25, 0.3) is 0 Å². The van der Waals surface area contributed by atoms with E-state index >= 15 is 8.78 Å². The molecule has 11 heteroatoms. The predicted molar refractivity (Wildman–Crippen MR) is 169 cm³/mol. The van der Waals surface area contributed by atoms with Crippen molar-refractivity contribution in [3.8, 4) is 0 Å². The summed E-state index contributed by atoms with van der Waals surface area (Å²) in [5.74, 6) is -2.63. The SMILES string of the molecule is CNc1cc(Sc2ccc([C@@H]3O[C@@H]4C[C@H]5[C@@H]6C[C@H](F)C7=CC(=O)C=C[C@]7(C)[C@@]6(F)[C@@H](O)C[C@]5(C)[C@]4(C(=O)CO)O3)cc2)ccc1Cl. The zero-order chi connectivity index (χ0) is 32.8. The average Bonchev–Trinajstić information content (AvgIpc) is 3.54. The topological polar surface area (TPSA) is 105 Å². The molecule has 0 spiro atoms. The highest BCUT2D eigenvalue weighted by atomic mass is 35.5. The van der Waals surface area contributed by atoms with Gasteiger partial charge in [-0.05, 0) is 80.2 Å². The summed E-state index contributed by atoms with van der Waals surface area (Å²) in [6, 6.07) is 13.2. The minimum Gasteiger partial charge on any atom is -0.390 e. The van der Waals surface area contributed by atoms with Crippen LogP contribution in [0.25, 0.3) is 0 Å². The number of aliphatic hydroxyl groups excluding tert-OH is 2. The van der Waals surface area contributed by atoms with Crippen LogP contribution in [0.15, 0.2) is 76.1 Å². The van der Waals surface area contributed by atoms with Gasteiger partial charge >= 0.3 is 0 Å². The number of anilines is 1. The molecule has 4 aliphatic carbocycles. The molecule has 1 heterocycles. The zero-order valence-corrected chi connectivity index (χ0v) is 27.2. The maximum Gasteiger partial charge on any atom is 0.193 e. The second-order valence-corrected chi connectivity index (χ2v) is 15.1. The number of allylic oxidation sites excluding steroid dienone is 4. The number of carbonyl (C=O) groups is 2. The highest BCUT2D eigenvalue weighted by Crippen LogP contribution is 2.72. The van der Waals surface area contributed by atoms with Gasteiger partial charge in [-0.2, -0.15) is 0 Å². The molecule has 4 fully saturated rings. The van der Waals surface area contributed by atoms with Crippen LogP contribution in [0.2, 0.25) is 5.02 Å². The van der Waals surface area contributed by atoms with Crippen molar-refractivity contribution in [2.45, 2.75) is 78.8 Å². The molecule has 0 radical (unpaired) electrons. The predicted octanol–water partition coefficient (Wildman–Crippen LogP) is 6.18. The lowest BCUT2D eigenvalue weighted by molar-refractivity contribution is -0.235. The number of fused-ring (bicyclic) bond motifs is 7. The molecule has 10 atom stereocenters. The summed E-state index contributed by atoms with van der Waals surface area (Å²) in [5.41, 5.74) is -5.18. The smallest absolute Gasteiger partial charge is 0.193 e. The maximum absolute atomic E-state index is 17.6. The van der Waals surface area contributed by atoms with Crippen molar-refractivity contribution in [3.05, 3.63) is 76.9 Å². The number of carbonyl (C=O) groups excluding carboxylic acids is 2. The van der Waals surface area contributed by atoms with E-state index in [1.807, 2.05) is 42.5 Å². The molecule has 3 N–H and O–H groups in total. The molecule has 244 valence electrons. The minimum absolute atomic E-state index is 0.0356. The molecule has 0 unspecified atom stereocenters. The third kappa shape index (κ3) is 4.23. The van der Waals surface area contributed by atoms with Gasteiger partial charge in [-0.1, -0.05) is 48.5 Å². The summed E-state index contributed by atoms with van der Waals surface area (Å²) < 4.78 is 46.4. The van der Waals surface area contributed by atoms with Gasteiger partial charge in [-0.3, -0.25) is 9.59 Å². The average molecular weight is 672 g/mol. The van der Waals surface area contributed by atoms with Gasteiger partial charge < -0.3 is 25.0 Å². The van der Waals surface area contributed by atoms with E-state index in [4.69, 9.17) is 21.1 Å². The number of rotatable bonds is 6. The van der Waals surface area contributed by atoms with Crippen molar-refractivity contribution in [2.24, 2.45) is 22.7 Å². The fraction of sp³-hybridized carbons (Fsp3) is 0.486. The van der Waals surface area contributed by atoms with E-state index in [0.29, 0.717) is 10.6 Å². The van der Waals surface area contributed by atoms with Crippen molar-refractivity contribution in [3.63, 3.8) is 0 Å². The number of hydrogen-bond donors (Lipinski definition) is 3. The Morgan fingerprint density at radius 3 is 2.54 bits per heavy atom. The van der Waals surface area contributed by atoms with Gasteiger partial charge in [0.2, 0.25) is 0 Å². The van der Waals surface area contributed by atoms with Crippen LogP contribution in [0.1, 0.15) is 45.0 Å². The van der Waals surface area contributed by atoms with Crippen LogP contribution >= 0.6 is 23.4 Å². The van der Waals surface area contributed by atoms with Gasteiger partial charge in [0, 0.05) is 39.1 Å². The lowest BCUT2D eigenvalue weighted by Gasteiger charge is -2.63. The Labute approximate surface area is 275 Å². The highest BCUT2D eigenvalue weighted by molar-refractivity contribution is 7.99. The van der Waals surface area contributed by atoms with E-state index in [9.17, 15) is 19.8 Å². The molecule has 1 aliphatic heterocycles. The Morgan fingerprint density at radius 1 is 1.13 bits per heavy atom.